The Morgan fingerprint density at radius 1 is 1.03 bits per heavy atom. The second-order valence-corrected chi connectivity index (χ2v) is 8.85. The molecule has 1 saturated heterocycles. The normalized spacial score (nSPS) is 17.9. The van der Waals surface area contributed by atoms with E-state index >= 15 is 0 Å². The van der Waals surface area contributed by atoms with Gasteiger partial charge in [-0.3, -0.25) is 9.58 Å². The van der Waals surface area contributed by atoms with Crippen LogP contribution in [0.1, 0.15) is 45.1 Å². The molecule has 158 valence electrons. The van der Waals surface area contributed by atoms with Crippen LogP contribution in [0, 0.1) is 0 Å². The van der Waals surface area contributed by atoms with Crippen LogP contribution in [0.25, 0.3) is 11.3 Å². The van der Waals surface area contributed by atoms with Crippen LogP contribution in [0.5, 0.6) is 11.5 Å². The number of aryl methyl sites for hydroxylation is 1. The molecule has 2 aliphatic heterocycles. The molecule has 0 aliphatic carbocycles. The fourth-order valence-corrected chi connectivity index (χ4v) is 4.33. The van der Waals surface area contributed by atoms with Crippen molar-refractivity contribution in [2.45, 2.75) is 51.6 Å². The number of hydrogen-bond acceptors (Lipinski definition) is 5. The molecule has 1 fully saturated rings. The third-order valence-electron chi connectivity index (χ3n) is 6.01. The zero-order valence-corrected chi connectivity index (χ0v) is 18.0. The summed E-state index contributed by atoms with van der Waals surface area (Å²) in [5.74, 6) is 1.64. The summed E-state index contributed by atoms with van der Waals surface area (Å²) >= 11 is 0. The molecular formula is C23H34N4O2. The van der Waals surface area contributed by atoms with Gasteiger partial charge in [-0.25, -0.2) is 0 Å². The second-order valence-electron chi connectivity index (χ2n) is 8.85. The molecule has 29 heavy (non-hydrogen) atoms. The lowest BCUT2D eigenvalue weighted by Gasteiger charge is -2.41. The number of rotatable bonds is 6. The van der Waals surface area contributed by atoms with Crippen molar-refractivity contribution in [3.8, 4) is 22.8 Å². The Morgan fingerprint density at radius 2 is 1.79 bits per heavy atom. The number of nitrogens with one attached hydrogen (secondary N) is 1. The van der Waals surface area contributed by atoms with Gasteiger partial charge in [-0.2, -0.15) is 5.10 Å². The molecular weight excluding hydrogens is 364 g/mol. The lowest BCUT2D eigenvalue weighted by Crippen LogP contribution is -2.52. The van der Waals surface area contributed by atoms with Crippen LogP contribution in [0.3, 0.4) is 0 Å². The van der Waals surface area contributed by atoms with Crippen molar-refractivity contribution in [3.05, 3.63) is 30.0 Å². The van der Waals surface area contributed by atoms with E-state index in [4.69, 9.17) is 14.6 Å². The third kappa shape index (κ3) is 4.75. The molecule has 2 aliphatic rings. The Hall–Kier alpha value is -2.05. The zero-order chi connectivity index (χ0) is 20.3. The van der Waals surface area contributed by atoms with E-state index in [1.54, 1.807) is 0 Å². The molecule has 1 N–H and O–H groups in total. The molecule has 0 amide bonds. The molecule has 2 aromatic rings. The standard InChI is InChI=1S/C23H34N4O2/c1-23(2,27-10-5-4-6-11-27)17-24-15-19-16-26(3)25-22(19)18-8-9-20-21(14-18)29-13-7-12-28-20/h8-9,14,16,24H,4-7,10-13,15,17H2,1-3H3. The van der Waals surface area contributed by atoms with Gasteiger partial charge in [0, 0.05) is 49.4 Å². The minimum absolute atomic E-state index is 0.165. The van der Waals surface area contributed by atoms with Gasteiger partial charge in [0.15, 0.2) is 11.5 Å². The molecule has 0 spiro atoms. The Balaban J connectivity index is 1.45. The van der Waals surface area contributed by atoms with E-state index in [0.717, 1.165) is 42.3 Å². The quantitative estimate of drug-likeness (QED) is 0.806. The molecule has 0 radical (unpaired) electrons. The van der Waals surface area contributed by atoms with Crippen molar-refractivity contribution < 1.29 is 9.47 Å². The molecule has 0 unspecified atom stereocenters. The SMILES string of the molecule is Cn1cc(CNCC(C)(C)N2CCCCC2)c(-c2ccc3c(c2)OCCCO3)n1. The summed E-state index contributed by atoms with van der Waals surface area (Å²) in [5, 5.41) is 8.41. The van der Waals surface area contributed by atoms with E-state index in [-0.39, 0.29) is 5.54 Å². The first-order valence-electron chi connectivity index (χ1n) is 10.9. The predicted molar refractivity (Wildman–Crippen MR) is 115 cm³/mol. The van der Waals surface area contributed by atoms with E-state index < -0.39 is 0 Å². The van der Waals surface area contributed by atoms with Gasteiger partial charge in [0.2, 0.25) is 0 Å². The fraction of sp³-hybridized carbons (Fsp3) is 0.609. The largest absolute Gasteiger partial charge is 0.490 e. The van der Waals surface area contributed by atoms with Gasteiger partial charge >= 0.3 is 0 Å². The van der Waals surface area contributed by atoms with Gasteiger partial charge in [-0.05, 0) is 58.0 Å². The first-order valence-corrected chi connectivity index (χ1v) is 10.9. The maximum absolute atomic E-state index is 5.87. The summed E-state index contributed by atoms with van der Waals surface area (Å²) in [6.45, 7) is 10.3. The monoisotopic (exact) mass is 398 g/mol. The number of hydrogen-bond donors (Lipinski definition) is 1. The van der Waals surface area contributed by atoms with Crippen molar-refractivity contribution in [1.29, 1.82) is 0 Å². The first-order chi connectivity index (χ1) is 14.0. The topological polar surface area (TPSA) is 51.6 Å². The summed E-state index contributed by atoms with van der Waals surface area (Å²) < 4.78 is 13.5. The lowest BCUT2D eigenvalue weighted by molar-refractivity contribution is 0.0942. The summed E-state index contributed by atoms with van der Waals surface area (Å²) in [4.78, 5) is 2.62. The van der Waals surface area contributed by atoms with Gasteiger partial charge in [0.25, 0.3) is 0 Å². The minimum atomic E-state index is 0.165. The highest BCUT2D eigenvalue weighted by atomic mass is 16.5. The minimum Gasteiger partial charge on any atom is -0.490 e. The van der Waals surface area contributed by atoms with Gasteiger partial charge in [-0.1, -0.05) is 6.42 Å². The number of benzene rings is 1. The molecule has 3 heterocycles. The average molecular weight is 399 g/mol. The Labute approximate surface area is 174 Å². The highest BCUT2D eigenvalue weighted by molar-refractivity contribution is 5.66. The molecule has 1 aromatic heterocycles. The second kappa shape index (κ2) is 8.76. The van der Waals surface area contributed by atoms with Crippen molar-refractivity contribution in [3.63, 3.8) is 0 Å². The summed E-state index contributed by atoms with van der Waals surface area (Å²) in [7, 11) is 1.98. The van der Waals surface area contributed by atoms with Gasteiger partial charge in [-0.15, -0.1) is 0 Å². The first kappa shape index (κ1) is 20.2. The molecule has 6 nitrogen and oxygen atoms in total. The number of nitrogens with zero attached hydrogens (tertiary/aromatic N) is 3. The summed E-state index contributed by atoms with van der Waals surface area (Å²) in [6.07, 6.45) is 7.03. The molecule has 0 bridgehead atoms. The smallest absolute Gasteiger partial charge is 0.161 e. The summed E-state index contributed by atoms with van der Waals surface area (Å²) in [5.41, 5.74) is 3.45. The van der Waals surface area contributed by atoms with Crippen molar-refractivity contribution >= 4 is 0 Å². The van der Waals surface area contributed by atoms with Crippen LogP contribution >= 0.6 is 0 Å². The van der Waals surface area contributed by atoms with E-state index in [9.17, 15) is 0 Å². The van der Waals surface area contributed by atoms with Crippen molar-refractivity contribution in [2.24, 2.45) is 7.05 Å². The lowest BCUT2D eigenvalue weighted by atomic mass is 9.98. The fourth-order valence-electron chi connectivity index (χ4n) is 4.33. The number of aromatic nitrogens is 2. The zero-order valence-electron chi connectivity index (χ0n) is 18.0. The van der Waals surface area contributed by atoms with Crippen LogP contribution in [-0.2, 0) is 13.6 Å². The van der Waals surface area contributed by atoms with Crippen LogP contribution in [0.4, 0.5) is 0 Å². The van der Waals surface area contributed by atoms with E-state index in [1.165, 1.54) is 37.9 Å². The third-order valence-corrected chi connectivity index (χ3v) is 6.01. The van der Waals surface area contributed by atoms with Crippen molar-refractivity contribution in [1.82, 2.24) is 20.0 Å². The van der Waals surface area contributed by atoms with Crippen LogP contribution < -0.4 is 14.8 Å². The van der Waals surface area contributed by atoms with Gasteiger partial charge in [0.1, 0.15) is 0 Å². The number of ether oxygens (including phenoxy) is 2. The average Bonchev–Trinajstić information content (AvgIpc) is 2.94. The van der Waals surface area contributed by atoms with Gasteiger partial charge in [0.05, 0.1) is 18.9 Å². The molecule has 4 rings (SSSR count). The highest BCUT2D eigenvalue weighted by Crippen LogP contribution is 2.34. The van der Waals surface area contributed by atoms with Crippen LogP contribution in [-0.4, -0.2) is 53.1 Å². The molecule has 0 saturated carbocycles. The molecule has 0 atom stereocenters. The van der Waals surface area contributed by atoms with Crippen molar-refractivity contribution in [2.75, 3.05) is 32.8 Å². The number of piperidine rings is 1. The van der Waals surface area contributed by atoms with Gasteiger partial charge < -0.3 is 14.8 Å². The Kier molecular flexibility index (Phi) is 6.11. The predicted octanol–water partition coefficient (Wildman–Crippen LogP) is 3.60. The maximum Gasteiger partial charge on any atom is 0.161 e. The number of likely N-dealkylation sites (tertiary alicyclic amines) is 1. The van der Waals surface area contributed by atoms with Crippen LogP contribution in [0.2, 0.25) is 0 Å². The highest BCUT2D eigenvalue weighted by Gasteiger charge is 2.27. The van der Waals surface area contributed by atoms with E-state index in [1.807, 2.05) is 17.8 Å². The molecule has 1 aromatic carbocycles. The maximum atomic E-state index is 5.87. The Bertz CT molecular complexity index is 824. The van der Waals surface area contributed by atoms with E-state index in [0.29, 0.717) is 13.2 Å². The Morgan fingerprint density at radius 3 is 2.59 bits per heavy atom. The summed E-state index contributed by atoms with van der Waals surface area (Å²) in [6, 6.07) is 6.14. The van der Waals surface area contributed by atoms with E-state index in [2.05, 4.69) is 42.4 Å². The van der Waals surface area contributed by atoms with Crippen LogP contribution in [0.15, 0.2) is 24.4 Å². The number of fused-ring (bicyclic) bond motifs is 1. The molecule has 6 heteroatoms.